The smallest absolute Gasteiger partial charge is 0.386 e. The highest BCUT2D eigenvalue weighted by Crippen LogP contribution is 2.14. The first-order valence-electron chi connectivity index (χ1n) is 2.06. The van der Waals surface area contributed by atoms with Crippen molar-refractivity contribution in [1.82, 2.24) is 4.98 Å². The summed E-state index contributed by atoms with van der Waals surface area (Å²) in [4.78, 5) is 13.7. The van der Waals surface area contributed by atoms with Crippen LogP contribution in [0.3, 0.4) is 0 Å². The van der Waals surface area contributed by atoms with Gasteiger partial charge in [0.15, 0.2) is 0 Å². The van der Waals surface area contributed by atoms with Crippen molar-refractivity contribution >= 4 is 28.4 Å². The molecule has 0 aliphatic rings. The van der Waals surface area contributed by atoms with Crippen LogP contribution in [0.2, 0.25) is 0 Å². The average molecular weight is 164 g/mol. The van der Waals surface area contributed by atoms with Crippen molar-refractivity contribution in [2.45, 2.75) is 0 Å². The highest BCUT2D eigenvalue weighted by molar-refractivity contribution is 7.11. The number of thiazole rings is 1. The van der Waals surface area contributed by atoms with Gasteiger partial charge in [-0.05, 0) is 0 Å². The van der Waals surface area contributed by atoms with E-state index in [0.717, 1.165) is 0 Å². The Kier molecular flexibility index (Phi) is 2.02. The van der Waals surface area contributed by atoms with Crippen molar-refractivity contribution in [3.63, 3.8) is 0 Å². The summed E-state index contributed by atoms with van der Waals surface area (Å²) in [5.74, 6) is 0. The van der Waals surface area contributed by atoms with Crippen molar-refractivity contribution < 1.29 is 9.53 Å². The van der Waals surface area contributed by atoms with Gasteiger partial charge in [0, 0.05) is 23.2 Å². The molecule has 1 aromatic rings. The van der Waals surface area contributed by atoms with Crippen LogP contribution in [0.4, 0.5) is 4.79 Å². The number of nitrogens with zero attached hydrogens (tertiary/aromatic N) is 1. The summed E-state index contributed by atoms with van der Waals surface area (Å²) in [5.41, 5.74) is -0.857. The third kappa shape index (κ3) is 1.99. The van der Waals surface area contributed by atoms with E-state index in [0.29, 0.717) is 0 Å². The number of hydrogen-bond donors (Lipinski definition) is 0. The third-order valence-corrected chi connectivity index (χ3v) is 1.30. The van der Waals surface area contributed by atoms with E-state index in [-0.39, 0.29) is 5.19 Å². The Morgan fingerprint density at radius 2 is 2.67 bits per heavy atom. The van der Waals surface area contributed by atoms with Crippen LogP contribution in [-0.4, -0.2) is 10.4 Å². The first kappa shape index (κ1) is 6.51. The van der Waals surface area contributed by atoms with Crippen LogP contribution in [0.1, 0.15) is 0 Å². The Labute approximate surface area is 60.2 Å². The molecular weight excluding hydrogens is 162 g/mol. The van der Waals surface area contributed by atoms with Crippen LogP contribution in [-0.2, 0) is 0 Å². The first-order chi connectivity index (χ1) is 4.29. The molecule has 48 valence electrons. The molecule has 1 aromatic heterocycles. The lowest BCUT2D eigenvalue weighted by atomic mass is 11.0. The zero-order chi connectivity index (χ0) is 6.69. The van der Waals surface area contributed by atoms with Crippen LogP contribution in [0.25, 0.3) is 0 Å². The molecule has 0 aliphatic heterocycles. The predicted molar refractivity (Wildman–Crippen MR) is 34.0 cm³/mol. The lowest BCUT2D eigenvalue weighted by molar-refractivity contribution is 0.225. The molecule has 0 amide bonds. The Bertz CT molecular complexity index is 198. The summed E-state index contributed by atoms with van der Waals surface area (Å²) in [6.07, 6.45) is 1.53. The Hall–Kier alpha value is -0.610. The van der Waals surface area contributed by atoms with Crippen LogP contribution in [0, 0.1) is 0 Å². The maximum atomic E-state index is 10.0. The van der Waals surface area contributed by atoms with Gasteiger partial charge in [-0.2, -0.15) is 0 Å². The minimum atomic E-state index is -0.857. The SMILES string of the molecule is O=C(Cl)Oc1nccs1. The summed E-state index contributed by atoms with van der Waals surface area (Å²) in [6, 6.07) is 0. The van der Waals surface area contributed by atoms with Crippen LogP contribution in [0.15, 0.2) is 11.6 Å². The molecule has 0 spiro atoms. The molecule has 0 saturated carbocycles. The number of halogens is 1. The molecule has 1 rings (SSSR count). The minimum absolute atomic E-state index is 0.273. The van der Waals surface area contributed by atoms with Gasteiger partial charge in [-0.1, -0.05) is 11.3 Å². The molecule has 1 heterocycles. The molecule has 9 heavy (non-hydrogen) atoms. The molecule has 0 bridgehead atoms. The largest absolute Gasteiger partial charge is 0.411 e. The molecular formula is C4H2ClNO2S. The van der Waals surface area contributed by atoms with E-state index in [2.05, 4.69) is 9.72 Å². The van der Waals surface area contributed by atoms with E-state index in [1.807, 2.05) is 0 Å². The number of aromatic nitrogens is 1. The summed E-state index contributed by atoms with van der Waals surface area (Å²) in [6.45, 7) is 0. The quantitative estimate of drug-likeness (QED) is 0.594. The molecule has 0 aromatic carbocycles. The lowest BCUT2D eigenvalue weighted by Gasteiger charge is -1.87. The predicted octanol–water partition coefficient (Wildman–Crippen LogP) is 1.88. The zero-order valence-electron chi connectivity index (χ0n) is 4.20. The zero-order valence-corrected chi connectivity index (χ0v) is 5.78. The normalized spacial score (nSPS) is 9.00. The molecule has 0 fully saturated rings. The molecule has 5 heteroatoms. The molecule has 0 N–H and O–H groups in total. The van der Waals surface area contributed by atoms with Crippen LogP contribution < -0.4 is 4.74 Å². The highest BCUT2D eigenvalue weighted by atomic mass is 35.5. The van der Waals surface area contributed by atoms with Crippen molar-refractivity contribution in [3.05, 3.63) is 11.6 Å². The van der Waals surface area contributed by atoms with Gasteiger partial charge in [0.05, 0.1) is 0 Å². The Balaban J connectivity index is 2.58. The number of carbonyl (C=O) groups excluding carboxylic acids is 1. The fraction of sp³-hybridized carbons (Fsp3) is 0. The van der Waals surface area contributed by atoms with Crippen molar-refractivity contribution in [2.75, 3.05) is 0 Å². The van der Waals surface area contributed by atoms with Gasteiger partial charge >= 0.3 is 5.43 Å². The fourth-order valence-corrected chi connectivity index (χ4v) is 0.932. The van der Waals surface area contributed by atoms with E-state index in [4.69, 9.17) is 11.6 Å². The maximum absolute atomic E-state index is 10.0. The monoisotopic (exact) mass is 163 g/mol. The van der Waals surface area contributed by atoms with E-state index in [9.17, 15) is 4.79 Å². The highest BCUT2D eigenvalue weighted by Gasteiger charge is 1.99. The third-order valence-electron chi connectivity index (χ3n) is 0.577. The average Bonchev–Trinajstić information content (AvgIpc) is 2.15. The summed E-state index contributed by atoms with van der Waals surface area (Å²) in [5, 5.41) is 1.96. The molecule has 0 saturated heterocycles. The molecule has 0 aliphatic carbocycles. The molecule has 0 unspecified atom stereocenters. The van der Waals surface area contributed by atoms with Crippen molar-refractivity contribution in [3.8, 4) is 5.19 Å². The Morgan fingerprint density at radius 3 is 3.11 bits per heavy atom. The van der Waals surface area contributed by atoms with E-state index in [1.54, 1.807) is 5.38 Å². The summed E-state index contributed by atoms with van der Waals surface area (Å²) >= 11 is 6.09. The Morgan fingerprint density at radius 1 is 1.89 bits per heavy atom. The molecule has 3 nitrogen and oxygen atoms in total. The lowest BCUT2D eigenvalue weighted by Crippen LogP contribution is -1.94. The minimum Gasteiger partial charge on any atom is -0.386 e. The molecule has 0 atom stereocenters. The van der Waals surface area contributed by atoms with Crippen LogP contribution >= 0.6 is 22.9 Å². The second-order valence-electron chi connectivity index (χ2n) is 1.14. The fourth-order valence-electron chi connectivity index (χ4n) is 0.329. The summed E-state index contributed by atoms with van der Waals surface area (Å²) in [7, 11) is 0. The van der Waals surface area contributed by atoms with Gasteiger partial charge in [-0.25, -0.2) is 9.78 Å². The van der Waals surface area contributed by atoms with Gasteiger partial charge in [0.1, 0.15) is 0 Å². The van der Waals surface area contributed by atoms with E-state index < -0.39 is 5.43 Å². The number of carbonyl (C=O) groups is 1. The van der Waals surface area contributed by atoms with E-state index >= 15 is 0 Å². The van der Waals surface area contributed by atoms with Crippen molar-refractivity contribution in [1.29, 1.82) is 0 Å². The second kappa shape index (κ2) is 2.80. The van der Waals surface area contributed by atoms with E-state index in [1.165, 1.54) is 17.5 Å². The first-order valence-corrected chi connectivity index (χ1v) is 3.31. The number of rotatable bonds is 1. The van der Waals surface area contributed by atoms with Crippen LogP contribution in [0.5, 0.6) is 5.19 Å². The van der Waals surface area contributed by atoms with Gasteiger partial charge < -0.3 is 4.74 Å². The van der Waals surface area contributed by atoms with Gasteiger partial charge in [-0.15, -0.1) is 0 Å². The summed E-state index contributed by atoms with van der Waals surface area (Å²) < 4.78 is 4.39. The number of hydrogen-bond acceptors (Lipinski definition) is 4. The van der Waals surface area contributed by atoms with Crippen molar-refractivity contribution in [2.24, 2.45) is 0 Å². The topological polar surface area (TPSA) is 39.2 Å². The van der Waals surface area contributed by atoms with Gasteiger partial charge in [-0.3, -0.25) is 0 Å². The van der Waals surface area contributed by atoms with Gasteiger partial charge in [0.2, 0.25) is 0 Å². The standard InChI is InChI=1S/C4H2ClNO2S/c5-3(7)8-4-6-1-2-9-4/h1-2H. The van der Waals surface area contributed by atoms with Gasteiger partial charge in [0.25, 0.3) is 5.19 Å². The second-order valence-corrected chi connectivity index (χ2v) is 2.30. The maximum Gasteiger partial charge on any atom is 0.411 e. The molecule has 0 radical (unpaired) electrons. The number of ether oxygens (including phenoxy) is 1.